The van der Waals surface area contributed by atoms with Crippen LogP contribution in [0.3, 0.4) is 0 Å². The Morgan fingerprint density at radius 1 is 1.23 bits per heavy atom. The van der Waals surface area contributed by atoms with Crippen molar-refractivity contribution < 1.29 is 8.42 Å². The summed E-state index contributed by atoms with van der Waals surface area (Å²) in [4.78, 5) is 0.411. The Morgan fingerprint density at radius 3 is 2.38 bits per heavy atom. The van der Waals surface area contributed by atoms with Gasteiger partial charge in [-0.15, -0.1) is 11.6 Å². The van der Waals surface area contributed by atoms with Gasteiger partial charge in [0.2, 0.25) is 0 Å². The van der Waals surface area contributed by atoms with Crippen molar-refractivity contribution in [2.24, 2.45) is 5.41 Å². The minimum absolute atomic E-state index is 0.105. The SMILES string of the molecule is CC(=CCCl)CC(C1=C(C)CCCC1(C)C)S(=O)(=O)c1ccc(C)cc1. The predicted octanol–water partition coefficient (Wildman–Crippen LogP) is 6.24. The summed E-state index contributed by atoms with van der Waals surface area (Å²) in [5, 5.41) is -0.528. The molecule has 1 unspecified atom stereocenters. The lowest BCUT2D eigenvalue weighted by molar-refractivity contribution is 0.353. The van der Waals surface area contributed by atoms with Crippen molar-refractivity contribution >= 4 is 21.4 Å². The van der Waals surface area contributed by atoms with Gasteiger partial charge >= 0.3 is 0 Å². The first-order valence-electron chi connectivity index (χ1n) is 9.32. The second kappa shape index (κ2) is 8.31. The first-order valence-corrected chi connectivity index (χ1v) is 11.4. The number of sulfone groups is 1. The summed E-state index contributed by atoms with van der Waals surface area (Å²) in [5.41, 5.74) is 4.33. The minimum Gasteiger partial charge on any atom is -0.223 e. The molecule has 2 rings (SSSR count). The normalized spacial score (nSPS) is 19.5. The fourth-order valence-electron chi connectivity index (χ4n) is 4.12. The number of allylic oxidation sites excluding steroid dienone is 3. The lowest BCUT2D eigenvalue weighted by Gasteiger charge is -2.39. The van der Waals surface area contributed by atoms with Crippen LogP contribution in [0.1, 0.15) is 58.9 Å². The number of benzene rings is 1. The van der Waals surface area contributed by atoms with Crippen molar-refractivity contribution in [3.05, 3.63) is 52.6 Å². The van der Waals surface area contributed by atoms with E-state index in [2.05, 4.69) is 20.8 Å². The average molecular weight is 395 g/mol. The molecule has 144 valence electrons. The molecule has 2 nitrogen and oxygen atoms in total. The maximum absolute atomic E-state index is 13.6. The molecule has 0 aliphatic heterocycles. The van der Waals surface area contributed by atoms with Crippen LogP contribution in [0.15, 0.2) is 52.0 Å². The molecule has 0 saturated heterocycles. The maximum atomic E-state index is 13.6. The molecule has 0 N–H and O–H groups in total. The van der Waals surface area contributed by atoms with E-state index in [0.29, 0.717) is 17.2 Å². The van der Waals surface area contributed by atoms with Gasteiger partial charge in [-0.3, -0.25) is 0 Å². The first kappa shape index (κ1) is 21.2. The molecule has 1 atom stereocenters. The van der Waals surface area contributed by atoms with E-state index in [-0.39, 0.29) is 5.41 Å². The second-order valence-corrected chi connectivity index (χ2v) is 10.6. The molecule has 1 aromatic rings. The third kappa shape index (κ3) is 4.61. The first-order chi connectivity index (χ1) is 12.1. The number of alkyl halides is 1. The number of halogens is 1. The topological polar surface area (TPSA) is 34.1 Å². The van der Waals surface area contributed by atoms with Crippen LogP contribution in [-0.2, 0) is 9.84 Å². The fourth-order valence-corrected chi connectivity index (χ4v) is 6.54. The molecule has 4 heteroatoms. The van der Waals surface area contributed by atoms with Crippen LogP contribution in [-0.4, -0.2) is 19.5 Å². The monoisotopic (exact) mass is 394 g/mol. The van der Waals surface area contributed by atoms with Crippen LogP contribution in [0.2, 0.25) is 0 Å². The van der Waals surface area contributed by atoms with E-state index in [4.69, 9.17) is 11.6 Å². The number of hydrogen-bond acceptors (Lipinski definition) is 2. The van der Waals surface area contributed by atoms with Crippen molar-refractivity contribution in [2.45, 2.75) is 70.4 Å². The lowest BCUT2D eigenvalue weighted by atomic mass is 9.71. The fraction of sp³-hybridized carbons (Fsp3) is 0.545. The summed E-state index contributed by atoms with van der Waals surface area (Å²) in [6, 6.07) is 7.23. The number of aryl methyl sites for hydroxylation is 1. The largest absolute Gasteiger partial charge is 0.223 e. The van der Waals surface area contributed by atoms with E-state index in [1.807, 2.05) is 32.1 Å². The van der Waals surface area contributed by atoms with Crippen LogP contribution >= 0.6 is 11.6 Å². The zero-order valence-electron chi connectivity index (χ0n) is 16.6. The smallest absolute Gasteiger partial charge is 0.185 e. The van der Waals surface area contributed by atoms with Crippen LogP contribution in [0, 0.1) is 12.3 Å². The molecule has 0 aromatic heterocycles. The van der Waals surface area contributed by atoms with Crippen molar-refractivity contribution in [1.29, 1.82) is 0 Å². The van der Waals surface area contributed by atoms with Crippen LogP contribution in [0.5, 0.6) is 0 Å². The Hall–Kier alpha value is -1.06. The third-order valence-electron chi connectivity index (χ3n) is 5.52. The molecule has 0 saturated carbocycles. The Bertz CT molecular complexity index is 799. The number of hydrogen-bond donors (Lipinski definition) is 0. The quantitative estimate of drug-likeness (QED) is 0.422. The summed E-state index contributed by atoms with van der Waals surface area (Å²) < 4.78 is 27.2. The standard InChI is InChI=1S/C22H31ClO2S/c1-16-8-10-19(11-9-16)26(24,25)20(15-17(2)12-14-23)21-18(3)7-6-13-22(21,4)5/h8-12,20H,6-7,13-15H2,1-5H3. The van der Waals surface area contributed by atoms with Crippen molar-refractivity contribution in [2.75, 3.05) is 5.88 Å². The van der Waals surface area contributed by atoms with Crippen molar-refractivity contribution in [3.8, 4) is 0 Å². The molecule has 0 radical (unpaired) electrons. The molecule has 1 aliphatic rings. The number of rotatable bonds is 6. The highest BCUT2D eigenvalue weighted by atomic mass is 35.5. The predicted molar refractivity (Wildman–Crippen MR) is 112 cm³/mol. The van der Waals surface area contributed by atoms with Gasteiger partial charge in [0.25, 0.3) is 0 Å². The van der Waals surface area contributed by atoms with E-state index in [1.54, 1.807) is 12.1 Å². The second-order valence-electron chi connectivity index (χ2n) is 8.19. The lowest BCUT2D eigenvalue weighted by Crippen LogP contribution is -2.34. The van der Waals surface area contributed by atoms with Gasteiger partial charge < -0.3 is 0 Å². The Labute approximate surface area is 164 Å². The third-order valence-corrected chi connectivity index (χ3v) is 7.76. The van der Waals surface area contributed by atoms with Crippen LogP contribution in [0.4, 0.5) is 0 Å². The van der Waals surface area contributed by atoms with Gasteiger partial charge in [0.05, 0.1) is 10.1 Å². The molecule has 26 heavy (non-hydrogen) atoms. The van der Waals surface area contributed by atoms with Gasteiger partial charge in [-0.1, -0.05) is 48.8 Å². The highest BCUT2D eigenvalue weighted by Crippen LogP contribution is 2.46. The molecule has 0 spiro atoms. The zero-order valence-corrected chi connectivity index (χ0v) is 18.2. The molecule has 0 heterocycles. The molecule has 1 aliphatic carbocycles. The highest BCUT2D eigenvalue weighted by molar-refractivity contribution is 7.92. The van der Waals surface area contributed by atoms with Gasteiger partial charge in [0.15, 0.2) is 9.84 Å². The minimum atomic E-state index is -3.48. The van der Waals surface area contributed by atoms with E-state index in [9.17, 15) is 8.42 Å². The summed E-state index contributed by atoms with van der Waals surface area (Å²) in [7, 11) is -3.48. The summed E-state index contributed by atoms with van der Waals surface area (Å²) in [5.74, 6) is 0.407. The molecule has 0 amide bonds. The van der Waals surface area contributed by atoms with Gasteiger partial charge in [-0.25, -0.2) is 8.42 Å². The van der Waals surface area contributed by atoms with Crippen molar-refractivity contribution in [3.63, 3.8) is 0 Å². The Balaban J connectivity index is 2.61. The molecule has 1 aromatic carbocycles. The van der Waals surface area contributed by atoms with Crippen LogP contribution < -0.4 is 0 Å². The highest BCUT2D eigenvalue weighted by Gasteiger charge is 2.40. The molecular formula is C22H31ClO2S. The molecule has 0 fully saturated rings. The van der Waals surface area contributed by atoms with Gasteiger partial charge in [-0.05, 0) is 69.6 Å². The zero-order chi connectivity index (χ0) is 19.5. The maximum Gasteiger partial charge on any atom is 0.185 e. The van der Waals surface area contributed by atoms with E-state index >= 15 is 0 Å². The van der Waals surface area contributed by atoms with Gasteiger partial charge in [0.1, 0.15) is 0 Å². The summed E-state index contributed by atoms with van der Waals surface area (Å²) in [6.45, 7) is 10.4. The Morgan fingerprint density at radius 2 is 1.85 bits per heavy atom. The van der Waals surface area contributed by atoms with Crippen molar-refractivity contribution in [1.82, 2.24) is 0 Å². The van der Waals surface area contributed by atoms with Gasteiger partial charge in [-0.2, -0.15) is 0 Å². The van der Waals surface area contributed by atoms with E-state index in [0.717, 1.165) is 36.0 Å². The molecule has 0 bridgehead atoms. The van der Waals surface area contributed by atoms with E-state index in [1.165, 1.54) is 5.57 Å². The molecular weight excluding hydrogens is 364 g/mol. The Kier molecular flexibility index (Phi) is 6.79. The average Bonchev–Trinajstić information content (AvgIpc) is 2.53. The van der Waals surface area contributed by atoms with Crippen LogP contribution in [0.25, 0.3) is 0 Å². The van der Waals surface area contributed by atoms with Gasteiger partial charge in [0, 0.05) is 5.88 Å². The summed E-state index contributed by atoms with van der Waals surface area (Å²) >= 11 is 5.86. The summed E-state index contributed by atoms with van der Waals surface area (Å²) in [6.07, 6.45) is 5.55. The van der Waals surface area contributed by atoms with E-state index < -0.39 is 15.1 Å².